The van der Waals surface area contributed by atoms with Crippen molar-refractivity contribution in [2.45, 2.75) is 25.8 Å². The van der Waals surface area contributed by atoms with Crippen LogP contribution in [0.3, 0.4) is 0 Å². The molecule has 4 nitrogen and oxygen atoms in total. The van der Waals surface area contributed by atoms with Crippen LogP contribution in [0.1, 0.15) is 18.2 Å². The summed E-state index contributed by atoms with van der Waals surface area (Å²) in [6, 6.07) is 2.80. The second-order valence-corrected chi connectivity index (χ2v) is 6.91. The van der Waals surface area contributed by atoms with Crippen LogP contribution >= 0.6 is 22.9 Å². The van der Waals surface area contributed by atoms with E-state index in [-0.39, 0.29) is 0 Å². The van der Waals surface area contributed by atoms with Gasteiger partial charge >= 0.3 is 0 Å². The van der Waals surface area contributed by atoms with Gasteiger partial charge < -0.3 is 9.80 Å². The average Bonchev–Trinajstić information content (AvgIpc) is 3.03. The van der Waals surface area contributed by atoms with Crippen molar-refractivity contribution in [1.82, 2.24) is 14.9 Å². The number of halogens is 1. The number of hydrogen-bond acceptors (Lipinski definition) is 5. The molecule has 6 heteroatoms. The van der Waals surface area contributed by atoms with Crippen molar-refractivity contribution < 1.29 is 0 Å². The predicted octanol–water partition coefficient (Wildman–Crippen LogP) is 3.05. The predicted molar refractivity (Wildman–Crippen MR) is 86.1 cm³/mol. The molecule has 0 radical (unpaired) electrons. The van der Waals surface area contributed by atoms with Gasteiger partial charge in [-0.2, -0.15) is 4.98 Å². The topological polar surface area (TPSA) is 32.3 Å². The first kappa shape index (κ1) is 14.0. The summed E-state index contributed by atoms with van der Waals surface area (Å²) in [6.07, 6.45) is 2.19. The van der Waals surface area contributed by atoms with Gasteiger partial charge in [-0.25, -0.2) is 4.98 Å². The number of thiophene rings is 1. The molecule has 1 fully saturated rings. The first-order valence-corrected chi connectivity index (χ1v) is 8.15. The molecule has 1 atom stereocenters. The number of anilines is 1. The zero-order valence-electron chi connectivity index (χ0n) is 12.1. The standard InChI is InChI=1S/C14H19ClN4S/c1-4-10-7-11-12(16-14(15)17-13(11)20-10)19-6-5-9(8-19)18(2)3/h7,9H,4-6,8H2,1-3H3. The summed E-state index contributed by atoms with van der Waals surface area (Å²) in [5.74, 6) is 1.00. The molecule has 1 saturated heterocycles. The Labute approximate surface area is 128 Å². The fourth-order valence-corrected chi connectivity index (χ4v) is 3.88. The Morgan fingerprint density at radius 1 is 1.45 bits per heavy atom. The van der Waals surface area contributed by atoms with E-state index in [0.29, 0.717) is 11.3 Å². The highest BCUT2D eigenvalue weighted by Crippen LogP contribution is 2.34. The molecule has 0 saturated carbocycles. The van der Waals surface area contributed by atoms with Crippen LogP contribution in [0.25, 0.3) is 10.2 Å². The Bertz CT molecular complexity index is 625. The minimum Gasteiger partial charge on any atom is -0.354 e. The highest BCUT2D eigenvalue weighted by atomic mass is 35.5. The first-order chi connectivity index (χ1) is 9.58. The number of aromatic nitrogens is 2. The lowest BCUT2D eigenvalue weighted by Crippen LogP contribution is -2.31. The molecule has 0 bridgehead atoms. The molecule has 108 valence electrons. The van der Waals surface area contributed by atoms with Gasteiger partial charge in [-0.05, 0) is 44.6 Å². The number of fused-ring (bicyclic) bond motifs is 1. The maximum Gasteiger partial charge on any atom is 0.225 e. The minimum atomic E-state index is 0.352. The Morgan fingerprint density at radius 2 is 2.25 bits per heavy atom. The van der Waals surface area contributed by atoms with Crippen LogP contribution in [0.15, 0.2) is 6.07 Å². The fourth-order valence-electron chi connectivity index (χ4n) is 2.70. The second kappa shape index (κ2) is 5.47. The van der Waals surface area contributed by atoms with Gasteiger partial charge in [0.1, 0.15) is 10.6 Å². The first-order valence-electron chi connectivity index (χ1n) is 6.95. The van der Waals surface area contributed by atoms with Gasteiger partial charge in [-0.1, -0.05) is 6.92 Å². The summed E-state index contributed by atoms with van der Waals surface area (Å²) in [6.45, 7) is 4.20. The van der Waals surface area contributed by atoms with Crippen LogP contribution in [0.4, 0.5) is 5.82 Å². The molecular weight excluding hydrogens is 292 g/mol. The molecule has 2 aromatic heterocycles. The number of likely N-dealkylation sites (N-methyl/N-ethyl adjacent to an activating group) is 1. The number of aryl methyl sites for hydroxylation is 1. The summed E-state index contributed by atoms with van der Waals surface area (Å²) >= 11 is 7.82. The van der Waals surface area contributed by atoms with Crippen molar-refractivity contribution in [3.63, 3.8) is 0 Å². The summed E-state index contributed by atoms with van der Waals surface area (Å²) in [4.78, 5) is 15.8. The summed E-state index contributed by atoms with van der Waals surface area (Å²) in [7, 11) is 4.27. The molecule has 3 rings (SSSR count). The largest absolute Gasteiger partial charge is 0.354 e. The van der Waals surface area contributed by atoms with Crippen LogP contribution < -0.4 is 4.90 Å². The van der Waals surface area contributed by atoms with Gasteiger partial charge in [0, 0.05) is 24.0 Å². The smallest absolute Gasteiger partial charge is 0.225 e. The maximum atomic E-state index is 6.10. The lowest BCUT2D eigenvalue weighted by Gasteiger charge is -2.21. The normalized spacial score (nSPS) is 19.4. The molecule has 3 heterocycles. The summed E-state index contributed by atoms with van der Waals surface area (Å²) < 4.78 is 0. The quantitative estimate of drug-likeness (QED) is 0.816. The third-order valence-corrected chi connectivity index (χ3v) is 5.28. The lowest BCUT2D eigenvalue weighted by atomic mass is 10.2. The van der Waals surface area contributed by atoms with Crippen molar-refractivity contribution in [1.29, 1.82) is 0 Å². The third-order valence-electron chi connectivity index (χ3n) is 3.94. The molecule has 0 amide bonds. The van der Waals surface area contributed by atoms with E-state index in [0.717, 1.165) is 35.5 Å². The molecule has 1 unspecified atom stereocenters. The Hall–Kier alpha value is -0.910. The van der Waals surface area contributed by atoms with E-state index in [4.69, 9.17) is 11.6 Å². The van der Waals surface area contributed by atoms with Crippen molar-refractivity contribution in [2.24, 2.45) is 0 Å². The molecule has 0 aliphatic carbocycles. The Balaban J connectivity index is 2.00. The van der Waals surface area contributed by atoms with E-state index in [2.05, 4.69) is 46.9 Å². The van der Waals surface area contributed by atoms with E-state index in [1.807, 2.05) is 0 Å². The fraction of sp³-hybridized carbons (Fsp3) is 0.571. The van der Waals surface area contributed by atoms with Crippen molar-refractivity contribution in [2.75, 3.05) is 32.1 Å². The van der Waals surface area contributed by atoms with Crippen LogP contribution in [0.2, 0.25) is 5.28 Å². The van der Waals surface area contributed by atoms with Crippen molar-refractivity contribution in [3.8, 4) is 0 Å². The monoisotopic (exact) mass is 310 g/mol. The van der Waals surface area contributed by atoms with E-state index in [9.17, 15) is 0 Å². The van der Waals surface area contributed by atoms with Gasteiger partial charge in [0.2, 0.25) is 5.28 Å². The Morgan fingerprint density at radius 3 is 2.90 bits per heavy atom. The molecule has 1 aliphatic heterocycles. The van der Waals surface area contributed by atoms with Crippen LogP contribution in [-0.2, 0) is 6.42 Å². The van der Waals surface area contributed by atoms with Gasteiger partial charge in [-0.3, -0.25) is 0 Å². The third kappa shape index (κ3) is 2.50. The molecule has 0 aromatic carbocycles. The zero-order chi connectivity index (χ0) is 14.3. The number of rotatable bonds is 3. The summed E-state index contributed by atoms with van der Waals surface area (Å²) in [5, 5.41) is 1.50. The number of nitrogens with zero attached hydrogens (tertiary/aromatic N) is 4. The molecule has 20 heavy (non-hydrogen) atoms. The van der Waals surface area contributed by atoms with Crippen LogP contribution in [0.5, 0.6) is 0 Å². The van der Waals surface area contributed by atoms with E-state index in [1.165, 1.54) is 11.3 Å². The zero-order valence-corrected chi connectivity index (χ0v) is 13.6. The molecule has 0 N–H and O–H groups in total. The molecule has 1 aliphatic rings. The molecule has 2 aromatic rings. The van der Waals surface area contributed by atoms with Gasteiger partial charge in [0.15, 0.2) is 0 Å². The van der Waals surface area contributed by atoms with Gasteiger partial charge in [0.25, 0.3) is 0 Å². The van der Waals surface area contributed by atoms with Crippen LogP contribution in [-0.4, -0.2) is 48.1 Å². The SMILES string of the molecule is CCc1cc2c(N3CCC(N(C)C)C3)nc(Cl)nc2s1. The molecule has 0 spiro atoms. The number of hydrogen-bond donors (Lipinski definition) is 0. The molecular formula is C14H19ClN4S. The lowest BCUT2D eigenvalue weighted by molar-refractivity contribution is 0.315. The van der Waals surface area contributed by atoms with Gasteiger partial charge in [-0.15, -0.1) is 11.3 Å². The average molecular weight is 311 g/mol. The van der Waals surface area contributed by atoms with E-state index in [1.54, 1.807) is 11.3 Å². The Kier molecular flexibility index (Phi) is 3.84. The van der Waals surface area contributed by atoms with E-state index < -0.39 is 0 Å². The van der Waals surface area contributed by atoms with Crippen molar-refractivity contribution in [3.05, 3.63) is 16.2 Å². The van der Waals surface area contributed by atoms with Crippen molar-refractivity contribution >= 4 is 39.0 Å². The minimum absolute atomic E-state index is 0.352. The maximum absolute atomic E-state index is 6.10. The van der Waals surface area contributed by atoms with E-state index >= 15 is 0 Å². The highest BCUT2D eigenvalue weighted by molar-refractivity contribution is 7.18. The van der Waals surface area contributed by atoms with Gasteiger partial charge in [0.05, 0.1) is 5.39 Å². The van der Waals surface area contributed by atoms with Crippen LogP contribution in [0, 0.1) is 0 Å². The highest BCUT2D eigenvalue weighted by Gasteiger charge is 2.27. The summed E-state index contributed by atoms with van der Waals surface area (Å²) in [5.41, 5.74) is 0. The second-order valence-electron chi connectivity index (χ2n) is 5.45.